The fourth-order valence-electron chi connectivity index (χ4n) is 3.52. The Morgan fingerprint density at radius 3 is 2.29 bits per heavy atom. The first-order chi connectivity index (χ1) is 11.3. The molecule has 0 aromatic heterocycles. The van der Waals surface area contributed by atoms with Gasteiger partial charge >= 0.3 is 0 Å². The number of hydrogen-bond donors (Lipinski definition) is 1. The Hall–Kier alpha value is -0.950. The topological polar surface area (TPSA) is 58.6 Å². The summed E-state index contributed by atoms with van der Waals surface area (Å²) in [6, 6.07) is 3.85. The molecular weight excluding hydrogens is 324 g/mol. The Morgan fingerprint density at radius 2 is 1.75 bits per heavy atom. The molecule has 1 aromatic carbocycles. The van der Waals surface area contributed by atoms with Crippen molar-refractivity contribution in [3.63, 3.8) is 0 Å². The van der Waals surface area contributed by atoms with Crippen LogP contribution in [0, 0.1) is 26.7 Å². The van der Waals surface area contributed by atoms with Crippen molar-refractivity contribution < 1.29 is 13.2 Å². The first-order valence-corrected chi connectivity index (χ1v) is 10.1. The van der Waals surface area contributed by atoms with Crippen molar-refractivity contribution in [2.75, 3.05) is 39.9 Å². The molecule has 1 aromatic rings. The maximum absolute atomic E-state index is 12.7. The van der Waals surface area contributed by atoms with Gasteiger partial charge in [-0.25, -0.2) is 13.1 Å². The number of piperidine rings is 1. The zero-order chi connectivity index (χ0) is 17.7. The zero-order valence-electron chi connectivity index (χ0n) is 15.3. The minimum atomic E-state index is -3.45. The summed E-state index contributed by atoms with van der Waals surface area (Å²) in [6.45, 7) is 9.97. The summed E-state index contributed by atoms with van der Waals surface area (Å²) < 4.78 is 33.3. The highest BCUT2D eigenvalue weighted by Crippen LogP contribution is 2.22. The summed E-state index contributed by atoms with van der Waals surface area (Å²) in [6.07, 6.45) is 2.05. The standard InChI is InChI=1S/C18H30N2O3S/c1-14-11-15(2)18(16(3)12-14)24(21,22)19-13-17-5-7-20(8-6-17)9-10-23-4/h11-12,17,19H,5-10,13H2,1-4H3. The van der Waals surface area contributed by atoms with E-state index >= 15 is 0 Å². The summed E-state index contributed by atoms with van der Waals surface area (Å²) in [5, 5.41) is 0. The highest BCUT2D eigenvalue weighted by molar-refractivity contribution is 7.89. The molecule has 1 heterocycles. The lowest BCUT2D eigenvalue weighted by molar-refractivity contribution is 0.121. The van der Waals surface area contributed by atoms with E-state index in [2.05, 4.69) is 9.62 Å². The minimum Gasteiger partial charge on any atom is -0.383 e. The second-order valence-electron chi connectivity index (χ2n) is 6.86. The minimum absolute atomic E-state index is 0.407. The second-order valence-corrected chi connectivity index (χ2v) is 8.56. The van der Waals surface area contributed by atoms with Gasteiger partial charge in [-0.2, -0.15) is 0 Å². The van der Waals surface area contributed by atoms with E-state index < -0.39 is 10.0 Å². The molecule has 0 bridgehead atoms. The average Bonchev–Trinajstić information content (AvgIpc) is 2.50. The van der Waals surface area contributed by atoms with Crippen molar-refractivity contribution in [1.29, 1.82) is 0 Å². The van der Waals surface area contributed by atoms with Crippen LogP contribution in [0.15, 0.2) is 17.0 Å². The van der Waals surface area contributed by atoms with Gasteiger partial charge in [-0.1, -0.05) is 17.7 Å². The van der Waals surface area contributed by atoms with Gasteiger partial charge < -0.3 is 9.64 Å². The van der Waals surface area contributed by atoms with E-state index in [9.17, 15) is 8.42 Å². The Kier molecular flexibility index (Phi) is 6.80. The van der Waals surface area contributed by atoms with E-state index in [4.69, 9.17) is 4.74 Å². The van der Waals surface area contributed by atoms with E-state index in [1.165, 1.54) is 0 Å². The summed E-state index contributed by atoms with van der Waals surface area (Å²) >= 11 is 0. The number of ether oxygens (including phenoxy) is 1. The molecule has 1 aliphatic rings. The molecule has 0 radical (unpaired) electrons. The van der Waals surface area contributed by atoms with Gasteiger partial charge in [-0.15, -0.1) is 0 Å². The summed E-state index contributed by atoms with van der Waals surface area (Å²) in [4.78, 5) is 2.81. The maximum Gasteiger partial charge on any atom is 0.241 e. The largest absolute Gasteiger partial charge is 0.383 e. The van der Waals surface area contributed by atoms with Crippen molar-refractivity contribution in [3.05, 3.63) is 28.8 Å². The molecule has 6 heteroatoms. The third-order valence-electron chi connectivity index (χ3n) is 4.75. The van der Waals surface area contributed by atoms with Gasteiger partial charge in [0, 0.05) is 20.2 Å². The molecular formula is C18H30N2O3S. The van der Waals surface area contributed by atoms with Crippen LogP contribution in [-0.4, -0.2) is 53.2 Å². The van der Waals surface area contributed by atoms with Crippen LogP contribution in [0.3, 0.4) is 0 Å². The van der Waals surface area contributed by atoms with Gasteiger partial charge in [-0.05, 0) is 63.7 Å². The number of nitrogens with one attached hydrogen (secondary N) is 1. The fraction of sp³-hybridized carbons (Fsp3) is 0.667. The molecule has 0 saturated carbocycles. The van der Waals surface area contributed by atoms with Crippen LogP contribution < -0.4 is 4.72 Å². The Bertz CT molecular complexity index is 627. The molecule has 1 saturated heterocycles. The van der Waals surface area contributed by atoms with E-state index in [-0.39, 0.29) is 0 Å². The summed E-state index contributed by atoms with van der Waals surface area (Å²) in [5.41, 5.74) is 2.72. The molecule has 2 rings (SSSR count). The molecule has 1 fully saturated rings. The molecule has 0 unspecified atom stereocenters. The number of methoxy groups -OCH3 is 1. The first-order valence-electron chi connectivity index (χ1n) is 8.62. The summed E-state index contributed by atoms with van der Waals surface area (Å²) in [7, 11) is -1.73. The van der Waals surface area contributed by atoms with Gasteiger partial charge in [0.05, 0.1) is 11.5 Å². The molecule has 0 spiro atoms. The van der Waals surface area contributed by atoms with Crippen molar-refractivity contribution >= 4 is 10.0 Å². The maximum atomic E-state index is 12.7. The Morgan fingerprint density at radius 1 is 1.17 bits per heavy atom. The van der Waals surface area contributed by atoms with Crippen LogP contribution in [0.2, 0.25) is 0 Å². The lowest BCUT2D eigenvalue weighted by atomic mass is 9.97. The second kappa shape index (κ2) is 8.43. The number of sulfonamides is 1. The first kappa shape index (κ1) is 19.4. The predicted octanol–water partition coefficient (Wildman–Crippen LogP) is 2.25. The number of nitrogens with zero attached hydrogens (tertiary/aromatic N) is 1. The molecule has 5 nitrogen and oxygen atoms in total. The lowest BCUT2D eigenvalue weighted by Crippen LogP contribution is -2.40. The smallest absolute Gasteiger partial charge is 0.241 e. The van der Waals surface area contributed by atoms with Crippen molar-refractivity contribution in [1.82, 2.24) is 9.62 Å². The normalized spacial score (nSPS) is 17.3. The number of likely N-dealkylation sites (tertiary alicyclic amines) is 1. The van der Waals surface area contributed by atoms with E-state index in [0.29, 0.717) is 17.4 Å². The third-order valence-corrected chi connectivity index (χ3v) is 6.48. The van der Waals surface area contributed by atoms with E-state index in [0.717, 1.165) is 55.8 Å². The highest BCUT2D eigenvalue weighted by Gasteiger charge is 2.23. The Balaban J connectivity index is 1.93. The molecule has 0 atom stereocenters. The molecule has 0 amide bonds. The molecule has 1 N–H and O–H groups in total. The molecule has 136 valence electrons. The van der Waals surface area contributed by atoms with Gasteiger partial charge in [0.15, 0.2) is 0 Å². The van der Waals surface area contributed by atoms with Crippen LogP contribution in [0.5, 0.6) is 0 Å². The highest BCUT2D eigenvalue weighted by atomic mass is 32.2. The predicted molar refractivity (Wildman–Crippen MR) is 96.9 cm³/mol. The number of benzene rings is 1. The van der Waals surface area contributed by atoms with Crippen LogP contribution in [0.4, 0.5) is 0 Å². The van der Waals surface area contributed by atoms with Crippen LogP contribution in [0.1, 0.15) is 29.5 Å². The quantitative estimate of drug-likeness (QED) is 0.816. The van der Waals surface area contributed by atoms with Crippen LogP contribution in [-0.2, 0) is 14.8 Å². The van der Waals surface area contributed by atoms with Crippen LogP contribution in [0.25, 0.3) is 0 Å². The van der Waals surface area contributed by atoms with Crippen molar-refractivity contribution in [3.8, 4) is 0 Å². The lowest BCUT2D eigenvalue weighted by Gasteiger charge is -2.31. The van der Waals surface area contributed by atoms with Gasteiger partial charge in [-0.3, -0.25) is 0 Å². The Labute approximate surface area is 146 Å². The monoisotopic (exact) mass is 354 g/mol. The number of rotatable bonds is 7. The molecule has 0 aliphatic carbocycles. The average molecular weight is 355 g/mol. The fourth-order valence-corrected chi connectivity index (χ4v) is 5.09. The SMILES string of the molecule is COCCN1CCC(CNS(=O)(=O)c2c(C)cc(C)cc2C)CC1. The van der Waals surface area contributed by atoms with Crippen LogP contribution >= 0.6 is 0 Å². The zero-order valence-corrected chi connectivity index (χ0v) is 16.1. The summed E-state index contributed by atoms with van der Waals surface area (Å²) in [5.74, 6) is 0.407. The third kappa shape index (κ3) is 5.02. The van der Waals surface area contributed by atoms with Gasteiger partial charge in [0.2, 0.25) is 10.0 Å². The molecule has 1 aliphatic heterocycles. The van der Waals surface area contributed by atoms with Gasteiger partial charge in [0.25, 0.3) is 0 Å². The van der Waals surface area contributed by atoms with Gasteiger partial charge in [0.1, 0.15) is 0 Å². The number of hydrogen-bond acceptors (Lipinski definition) is 4. The number of aryl methyl sites for hydroxylation is 3. The van der Waals surface area contributed by atoms with E-state index in [1.807, 2.05) is 32.9 Å². The van der Waals surface area contributed by atoms with Crippen molar-refractivity contribution in [2.24, 2.45) is 5.92 Å². The van der Waals surface area contributed by atoms with E-state index in [1.54, 1.807) is 7.11 Å². The van der Waals surface area contributed by atoms with Crippen molar-refractivity contribution in [2.45, 2.75) is 38.5 Å². The molecule has 24 heavy (non-hydrogen) atoms.